The van der Waals surface area contributed by atoms with Crippen LogP contribution in [0.15, 0.2) is 17.2 Å². The van der Waals surface area contributed by atoms with E-state index in [1.807, 2.05) is 19.1 Å². The summed E-state index contributed by atoms with van der Waals surface area (Å²) in [5.41, 5.74) is 4.31. The van der Waals surface area contributed by atoms with Crippen LogP contribution in [0.25, 0.3) is 0 Å². The Kier molecular flexibility index (Phi) is 6.05. The molecule has 1 rings (SSSR count). The summed E-state index contributed by atoms with van der Waals surface area (Å²) >= 11 is 4.96. The van der Waals surface area contributed by atoms with Crippen LogP contribution < -0.4 is 25.0 Å². The summed E-state index contributed by atoms with van der Waals surface area (Å²) in [6, 6.07) is 3.65. The summed E-state index contributed by atoms with van der Waals surface area (Å²) in [6.45, 7) is 1.85. The molecule has 0 aromatic heterocycles. The lowest BCUT2D eigenvalue weighted by atomic mass is 10.1. The van der Waals surface area contributed by atoms with E-state index in [0.717, 1.165) is 11.3 Å². The number of nitrogens with zero attached hydrogens (tertiary/aromatic N) is 1. The molecule has 0 radical (unpaired) electrons. The van der Waals surface area contributed by atoms with Gasteiger partial charge in [-0.2, -0.15) is 5.10 Å². The number of methoxy groups -OCH3 is 3. The third-order valence-electron chi connectivity index (χ3n) is 2.63. The van der Waals surface area contributed by atoms with Gasteiger partial charge in [0.05, 0.1) is 27.0 Å². The lowest BCUT2D eigenvalue weighted by Crippen LogP contribution is -2.29. The van der Waals surface area contributed by atoms with Crippen molar-refractivity contribution >= 4 is 23.0 Å². The first-order chi connectivity index (χ1) is 9.57. The molecular weight excluding hydrogens is 278 g/mol. The van der Waals surface area contributed by atoms with Crippen molar-refractivity contribution in [2.45, 2.75) is 6.92 Å². The van der Waals surface area contributed by atoms with Gasteiger partial charge in [-0.1, -0.05) is 0 Å². The molecule has 0 amide bonds. The van der Waals surface area contributed by atoms with Gasteiger partial charge in [-0.3, -0.25) is 5.43 Å². The van der Waals surface area contributed by atoms with Crippen molar-refractivity contribution in [3.63, 3.8) is 0 Å². The topological polar surface area (TPSA) is 64.1 Å². The first-order valence-corrected chi connectivity index (χ1v) is 6.30. The maximum Gasteiger partial charge on any atom is 0.203 e. The van der Waals surface area contributed by atoms with Gasteiger partial charge in [0.2, 0.25) is 5.75 Å². The van der Waals surface area contributed by atoms with Crippen molar-refractivity contribution in [3.05, 3.63) is 17.7 Å². The number of hydrogen-bond donors (Lipinski definition) is 2. The highest BCUT2D eigenvalue weighted by molar-refractivity contribution is 7.80. The monoisotopic (exact) mass is 297 g/mol. The summed E-state index contributed by atoms with van der Waals surface area (Å²) in [5, 5.41) is 7.40. The maximum atomic E-state index is 5.30. The van der Waals surface area contributed by atoms with Crippen LogP contribution in [0.5, 0.6) is 17.2 Å². The van der Waals surface area contributed by atoms with Gasteiger partial charge >= 0.3 is 0 Å². The number of hydrogen-bond acceptors (Lipinski definition) is 5. The Balaban J connectivity index is 3.15. The fraction of sp³-hybridized carbons (Fsp3) is 0.385. The third-order valence-corrected chi connectivity index (χ3v) is 2.93. The SMILES string of the molecule is CNC(=S)N/N=C(\C)c1cc(OC)c(OC)c(OC)c1. The Labute approximate surface area is 124 Å². The van der Waals surface area contributed by atoms with Crippen LogP contribution in [0.4, 0.5) is 0 Å². The summed E-state index contributed by atoms with van der Waals surface area (Å²) in [7, 11) is 6.43. The number of thiocarbonyl (C=S) groups is 1. The van der Waals surface area contributed by atoms with E-state index < -0.39 is 0 Å². The number of rotatable bonds is 5. The lowest BCUT2D eigenvalue weighted by molar-refractivity contribution is 0.324. The lowest BCUT2D eigenvalue weighted by Gasteiger charge is -2.14. The third kappa shape index (κ3) is 3.74. The minimum atomic E-state index is 0.441. The van der Waals surface area contributed by atoms with Gasteiger partial charge in [0.15, 0.2) is 16.6 Å². The normalized spacial score (nSPS) is 10.8. The van der Waals surface area contributed by atoms with Crippen LogP contribution >= 0.6 is 12.2 Å². The molecule has 6 nitrogen and oxygen atoms in total. The fourth-order valence-corrected chi connectivity index (χ4v) is 1.59. The minimum Gasteiger partial charge on any atom is -0.493 e. The van der Waals surface area contributed by atoms with Crippen molar-refractivity contribution in [2.75, 3.05) is 28.4 Å². The van der Waals surface area contributed by atoms with Gasteiger partial charge in [0.25, 0.3) is 0 Å². The van der Waals surface area contributed by atoms with Crippen LogP contribution in [-0.2, 0) is 0 Å². The largest absolute Gasteiger partial charge is 0.493 e. The summed E-state index contributed by atoms with van der Waals surface area (Å²) in [6.07, 6.45) is 0. The second-order valence-electron chi connectivity index (χ2n) is 3.80. The number of ether oxygens (including phenoxy) is 3. The molecule has 110 valence electrons. The molecule has 0 atom stereocenters. The van der Waals surface area contributed by atoms with Crippen molar-refractivity contribution in [1.82, 2.24) is 10.7 Å². The molecule has 0 saturated heterocycles. The van der Waals surface area contributed by atoms with E-state index in [1.54, 1.807) is 28.4 Å². The van der Waals surface area contributed by atoms with E-state index in [9.17, 15) is 0 Å². The van der Waals surface area contributed by atoms with E-state index in [1.165, 1.54) is 0 Å². The van der Waals surface area contributed by atoms with E-state index in [-0.39, 0.29) is 0 Å². The molecular formula is C13H19N3O3S. The minimum absolute atomic E-state index is 0.441. The van der Waals surface area contributed by atoms with Gasteiger partial charge in [-0.15, -0.1) is 0 Å². The van der Waals surface area contributed by atoms with Gasteiger partial charge in [-0.05, 0) is 31.3 Å². The zero-order valence-corrected chi connectivity index (χ0v) is 13.1. The molecule has 0 aliphatic heterocycles. The molecule has 0 aliphatic rings. The Morgan fingerprint density at radius 2 is 1.65 bits per heavy atom. The number of benzene rings is 1. The van der Waals surface area contributed by atoms with Gasteiger partial charge in [-0.25, -0.2) is 0 Å². The Morgan fingerprint density at radius 1 is 1.10 bits per heavy atom. The second-order valence-corrected chi connectivity index (χ2v) is 4.21. The predicted molar refractivity (Wildman–Crippen MR) is 83.1 cm³/mol. The Bertz CT molecular complexity index is 493. The summed E-state index contributed by atoms with van der Waals surface area (Å²) in [4.78, 5) is 0. The van der Waals surface area contributed by atoms with Gasteiger partial charge < -0.3 is 19.5 Å². The highest BCUT2D eigenvalue weighted by Crippen LogP contribution is 2.38. The van der Waals surface area contributed by atoms with Gasteiger partial charge in [0.1, 0.15) is 0 Å². The Morgan fingerprint density at radius 3 is 2.05 bits per heavy atom. The first-order valence-electron chi connectivity index (χ1n) is 5.89. The van der Waals surface area contributed by atoms with Crippen molar-refractivity contribution in [1.29, 1.82) is 0 Å². The van der Waals surface area contributed by atoms with Crippen molar-refractivity contribution in [3.8, 4) is 17.2 Å². The molecule has 20 heavy (non-hydrogen) atoms. The second kappa shape index (κ2) is 7.54. The molecule has 0 heterocycles. The van der Waals surface area contributed by atoms with E-state index in [4.69, 9.17) is 26.4 Å². The number of hydrazone groups is 1. The summed E-state index contributed by atoms with van der Waals surface area (Å²) < 4.78 is 15.9. The highest BCUT2D eigenvalue weighted by Gasteiger charge is 2.14. The first kappa shape index (κ1) is 16.0. The maximum absolute atomic E-state index is 5.30. The van der Waals surface area contributed by atoms with Crippen molar-refractivity contribution < 1.29 is 14.2 Å². The molecule has 0 fully saturated rings. The van der Waals surface area contributed by atoms with Crippen LogP contribution in [0.1, 0.15) is 12.5 Å². The van der Waals surface area contributed by atoms with E-state index in [2.05, 4.69) is 15.8 Å². The molecule has 0 unspecified atom stereocenters. The van der Waals surface area contributed by atoms with E-state index >= 15 is 0 Å². The smallest absolute Gasteiger partial charge is 0.203 e. The zero-order chi connectivity index (χ0) is 15.1. The molecule has 0 bridgehead atoms. The number of nitrogens with one attached hydrogen (secondary N) is 2. The molecule has 1 aromatic rings. The molecule has 0 spiro atoms. The van der Waals surface area contributed by atoms with E-state index in [0.29, 0.717) is 22.4 Å². The molecule has 7 heteroatoms. The summed E-state index contributed by atoms with van der Waals surface area (Å²) in [5.74, 6) is 1.70. The van der Waals surface area contributed by atoms with Crippen molar-refractivity contribution in [2.24, 2.45) is 5.10 Å². The quantitative estimate of drug-likeness (QED) is 0.488. The highest BCUT2D eigenvalue weighted by atomic mass is 32.1. The average Bonchev–Trinajstić information content (AvgIpc) is 2.50. The van der Waals surface area contributed by atoms with Crippen LogP contribution in [-0.4, -0.2) is 39.2 Å². The van der Waals surface area contributed by atoms with Crippen LogP contribution in [0.3, 0.4) is 0 Å². The standard InChI is InChI=1S/C13H19N3O3S/c1-8(15-16-13(20)14-2)9-6-10(17-3)12(19-5)11(7-9)18-4/h6-7H,1-5H3,(H2,14,16,20)/b15-8+. The average molecular weight is 297 g/mol. The fourth-order valence-electron chi connectivity index (χ4n) is 1.55. The zero-order valence-electron chi connectivity index (χ0n) is 12.2. The van der Waals surface area contributed by atoms with Crippen LogP contribution in [0.2, 0.25) is 0 Å². The molecule has 0 saturated carbocycles. The molecule has 2 N–H and O–H groups in total. The van der Waals surface area contributed by atoms with Gasteiger partial charge in [0, 0.05) is 12.6 Å². The Hall–Kier alpha value is -2.02. The molecule has 0 aliphatic carbocycles. The van der Waals surface area contributed by atoms with Crippen LogP contribution in [0, 0.1) is 0 Å². The predicted octanol–water partition coefficient (Wildman–Crippen LogP) is 1.53. The molecule has 1 aromatic carbocycles.